The quantitative estimate of drug-likeness (QED) is 0.699. The molecule has 0 spiro atoms. The third kappa shape index (κ3) is 5.13. The van der Waals surface area contributed by atoms with Crippen molar-refractivity contribution in [2.75, 3.05) is 19.7 Å². The van der Waals surface area contributed by atoms with Crippen LogP contribution in [0.25, 0.3) is 0 Å². The molecule has 1 amide bonds. The van der Waals surface area contributed by atoms with Crippen LogP contribution < -0.4 is 21.3 Å². The number of rotatable bonds is 8. The highest BCUT2D eigenvalue weighted by atomic mass is 16.5. The summed E-state index contributed by atoms with van der Waals surface area (Å²) in [6.45, 7) is 3.68. The topological polar surface area (TPSA) is 86.3 Å². The largest absolute Gasteiger partial charge is 0.488 e. The summed E-state index contributed by atoms with van der Waals surface area (Å²) in [5.74, 6) is 0.212. The molecule has 1 heterocycles. The molecular weight excluding hydrogens is 246 g/mol. The fraction of sp³-hybridized carbons (Fsp3) is 0.538. The molecule has 0 aromatic carbocycles. The van der Waals surface area contributed by atoms with Crippen molar-refractivity contribution in [1.29, 1.82) is 0 Å². The van der Waals surface area contributed by atoms with Crippen LogP contribution in [0, 0.1) is 0 Å². The molecule has 6 heteroatoms. The van der Waals surface area contributed by atoms with Gasteiger partial charge in [-0.25, -0.2) is 0 Å². The van der Waals surface area contributed by atoms with Crippen molar-refractivity contribution in [2.24, 2.45) is 5.73 Å². The van der Waals surface area contributed by atoms with Crippen LogP contribution >= 0.6 is 0 Å². The average molecular weight is 267 g/mol. The summed E-state index contributed by atoms with van der Waals surface area (Å²) in [6, 6.07) is 3.38. The van der Waals surface area contributed by atoms with Crippen LogP contribution in [0.4, 0.5) is 0 Å². The van der Waals surface area contributed by atoms with Crippen LogP contribution in [0.2, 0.25) is 0 Å². The first kappa shape index (κ1) is 15.2. The SMILES string of the molecule is CCCOc1cccn(CCC(=O)NCCN)c1=O. The third-order valence-electron chi connectivity index (χ3n) is 2.49. The lowest BCUT2D eigenvalue weighted by molar-refractivity contribution is -0.121. The van der Waals surface area contributed by atoms with E-state index in [0.717, 1.165) is 6.42 Å². The first-order chi connectivity index (χ1) is 9.19. The van der Waals surface area contributed by atoms with E-state index in [4.69, 9.17) is 10.5 Å². The van der Waals surface area contributed by atoms with Gasteiger partial charge in [0.2, 0.25) is 5.91 Å². The van der Waals surface area contributed by atoms with E-state index >= 15 is 0 Å². The summed E-state index contributed by atoms with van der Waals surface area (Å²) in [6.07, 6.45) is 2.74. The van der Waals surface area contributed by atoms with E-state index in [1.165, 1.54) is 4.57 Å². The number of hydrogen-bond acceptors (Lipinski definition) is 4. The molecule has 0 fully saturated rings. The molecule has 0 atom stereocenters. The van der Waals surface area contributed by atoms with Crippen molar-refractivity contribution >= 4 is 5.91 Å². The predicted molar refractivity (Wildman–Crippen MR) is 73.2 cm³/mol. The van der Waals surface area contributed by atoms with Gasteiger partial charge in [-0.3, -0.25) is 9.59 Å². The maximum atomic E-state index is 12.0. The second kappa shape index (κ2) is 8.31. The summed E-state index contributed by atoms with van der Waals surface area (Å²) in [5, 5.41) is 2.66. The van der Waals surface area contributed by atoms with E-state index in [-0.39, 0.29) is 17.9 Å². The average Bonchev–Trinajstić information content (AvgIpc) is 2.42. The highest BCUT2D eigenvalue weighted by Crippen LogP contribution is 2.02. The lowest BCUT2D eigenvalue weighted by Crippen LogP contribution is -2.31. The lowest BCUT2D eigenvalue weighted by atomic mass is 10.3. The van der Waals surface area contributed by atoms with Gasteiger partial charge in [-0.2, -0.15) is 0 Å². The number of ether oxygens (including phenoxy) is 1. The molecule has 0 aliphatic rings. The molecule has 1 aromatic heterocycles. The predicted octanol–water partition coefficient (Wildman–Crippen LogP) is 0.102. The molecule has 1 rings (SSSR count). The number of pyridine rings is 1. The molecule has 106 valence electrons. The van der Waals surface area contributed by atoms with Crippen LogP contribution in [-0.4, -0.2) is 30.2 Å². The molecule has 0 aliphatic heterocycles. The minimum atomic E-state index is -0.206. The molecule has 1 aromatic rings. The van der Waals surface area contributed by atoms with Crippen LogP contribution in [-0.2, 0) is 11.3 Å². The molecule has 0 bridgehead atoms. The van der Waals surface area contributed by atoms with Gasteiger partial charge in [0.15, 0.2) is 5.75 Å². The third-order valence-corrected chi connectivity index (χ3v) is 2.49. The number of amides is 1. The van der Waals surface area contributed by atoms with Crippen molar-refractivity contribution in [3.8, 4) is 5.75 Å². The van der Waals surface area contributed by atoms with Crippen LogP contribution in [0.1, 0.15) is 19.8 Å². The number of nitrogens with one attached hydrogen (secondary N) is 1. The molecule has 0 saturated heterocycles. The van der Waals surface area contributed by atoms with Crippen molar-refractivity contribution in [3.05, 3.63) is 28.7 Å². The highest BCUT2D eigenvalue weighted by Gasteiger charge is 2.06. The highest BCUT2D eigenvalue weighted by molar-refractivity contribution is 5.75. The molecule has 0 saturated carbocycles. The Morgan fingerprint density at radius 3 is 3.00 bits per heavy atom. The zero-order chi connectivity index (χ0) is 14.1. The van der Waals surface area contributed by atoms with Gasteiger partial charge in [0.25, 0.3) is 5.56 Å². The number of carbonyl (C=O) groups excluding carboxylic acids is 1. The second-order valence-corrected chi connectivity index (χ2v) is 4.11. The number of nitrogens with two attached hydrogens (primary N) is 1. The van der Waals surface area contributed by atoms with Gasteiger partial charge in [-0.15, -0.1) is 0 Å². The molecule has 19 heavy (non-hydrogen) atoms. The van der Waals surface area contributed by atoms with Gasteiger partial charge in [0.05, 0.1) is 6.61 Å². The zero-order valence-electron chi connectivity index (χ0n) is 11.2. The van der Waals surface area contributed by atoms with Crippen molar-refractivity contribution < 1.29 is 9.53 Å². The Balaban J connectivity index is 2.58. The molecular formula is C13H21N3O3. The normalized spacial score (nSPS) is 10.2. The number of carbonyl (C=O) groups is 1. The fourth-order valence-corrected chi connectivity index (χ4v) is 1.53. The second-order valence-electron chi connectivity index (χ2n) is 4.11. The number of nitrogens with zero attached hydrogens (tertiary/aromatic N) is 1. The Morgan fingerprint density at radius 2 is 2.32 bits per heavy atom. The number of aromatic nitrogens is 1. The van der Waals surface area contributed by atoms with E-state index < -0.39 is 0 Å². The summed E-state index contributed by atoms with van der Waals surface area (Å²) in [5.41, 5.74) is 5.08. The standard InChI is InChI=1S/C13H21N3O3/c1-2-10-19-11-4-3-8-16(13(11)18)9-5-12(17)15-7-6-14/h3-4,8H,2,5-7,9-10,14H2,1H3,(H,15,17). The van der Waals surface area contributed by atoms with E-state index in [2.05, 4.69) is 5.32 Å². The Morgan fingerprint density at radius 1 is 1.53 bits per heavy atom. The zero-order valence-corrected chi connectivity index (χ0v) is 11.2. The Labute approximate surface area is 112 Å². The van der Waals surface area contributed by atoms with E-state index in [9.17, 15) is 9.59 Å². The van der Waals surface area contributed by atoms with Gasteiger partial charge in [0.1, 0.15) is 0 Å². The van der Waals surface area contributed by atoms with Crippen LogP contribution in [0.3, 0.4) is 0 Å². The fourth-order valence-electron chi connectivity index (χ4n) is 1.53. The monoisotopic (exact) mass is 267 g/mol. The van der Waals surface area contributed by atoms with Crippen LogP contribution in [0.5, 0.6) is 5.75 Å². The Hall–Kier alpha value is -1.82. The van der Waals surface area contributed by atoms with Gasteiger partial charge in [-0.05, 0) is 18.6 Å². The summed E-state index contributed by atoms with van der Waals surface area (Å²) < 4.78 is 6.83. The molecule has 0 unspecified atom stereocenters. The molecule has 3 N–H and O–H groups in total. The van der Waals surface area contributed by atoms with Gasteiger partial charge in [0, 0.05) is 32.3 Å². The molecule has 0 aliphatic carbocycles. The summed E-state index contributed by atoms with van der Waals surface area (Å²) in [4.78, 5) is 23.4. The van der Waals surface area contributed by atoms with E-state index in [0.29, 0.717) is 32.0 Å². The van der Waals surface area contributed by atoms with Gasteiger partial charge >= 0.3 is 0 Å². The molecule has 0 radical (unpaired) electrons. The summed E-state index contributed by atoms with van der Waals surface area (Å²) >= 11 is 0. The minimum absolute atomic E-state index is 0.114. The maximum absolute atomic E-state index is 12.0. The van der Waals surface area contributed by atoms with Gasteiger partial charge in [-0.1, -0.05) is 6.92 Å². The lowest BCUT2D eigenvalue weighted by Gasteiger charge is -2.09. The van der Waals surface area contributed by atoms with Crippen molar-refractivity contribution in [1.82, 2.24) is 9.88 Å². The van der Waals surface area contributed by atoms with Gasteiger partial charge < -0.3 is 20.4 Å². The smallest absolute Gasteiger partial charge is 0.292 e. The Kier molecular flexibility index (Phi) is 6.67. The number of hydrogen-bond donors (Lipinski definition) is 2. The maximum Gasteiger partial charge on any atom is 0.292 e. The van der Waals surface area contributed by atoms with Crippen molar-refractivity contribution in [3.63, 3.8) is 0 Å². The Bertz CT molecular complexity index is 457. The summed E-state index contributed by atoms with van der Waals surface area (Å²) in [7, 11) is 0. The first-order valence-electron chi connectivity index (χ1n) is 6.48. The first-order valence-corrected chi connectivity index (χ1v) is 6.48. The van der Waals surface area contributed by atoms with Crippen molar-refractivity contribution in [2.45, 2.75) is 26.3 Å². The number of aryl methyl sites for hydroxylation is 1. The van der Waals surface area contributed by atoms with E-state index in [1.54, 1.807) is 18.3 Å². The minimum Gasteiger partial charge on any atom is -0.488 e. The van der Waals surface area contributed by atoms with E-state index in [1.807, 2.05) is 6.92 Å². The molecule has 6 nitrogen and oxygen atoms in total. The van der Waals surface area contributed by atoms with Crippen LogP contribution in [0.15, 0.2) is 23.1 Å².